The third-order valence-corrected chi connectivity index (χ3v) is 5.06. The van der Waals surface area contributed by atoms with Crippen LogP contribution in [-0.2, 0) is 16.4 Å². The van der Waals surface area contributed by atoms with Gasteiger partial charge in [0.25, 0.3) is 0 Å². The molecule has 0 aliphatic rings. The highest BCUT2D eigenvalue weighted by atomic mass is 35.5. The zero-order chi connectivity index (χ0) is 15.5. The van der Waals surface area contributed by atoms with E-state index in [0.717, 1.165) is 6.07 Å². The molecule has 3 nitrogen and oxygen atoms in total. The summed E-state index contributed by atoms with van der Waals surface area (Å²) >= 11 is 12.0. The van der Waals surface area contributed by atoms with Gasteiger partial charge in [-0.3, -0.25) is 0 Å². The summed E-state index contributed by atoms with van der Waals surface area (Å²) in [6.45, 7) is 0.0696. The summed E-state index contributed by atoms with van der Waals surface area (Å²) in [7, 11) is -3.90. The highest BCUT2D eigenvalue weighted by Crippen LogP contribution is 2.24. The molecule has 2 rings (SSSR count). The molecule has 0 fully saturated rings. The van der Waals surface area contributed by atoms with Gasteiger partial charge in [0.1, 0.15) is 10.7 Å². The van der Waals surface area contributed by atoms with Gasteiger partial charge in [0.2, 0.25) is 10.0 Å². The average molecular weight is 348 g/mol. The van der Waals surface area contributed by atoms with E-state index in [1.165, 1.54) is 18.2 Å². The van der Waals surface area contributed by atoms with E-state index in [4.69, 9.17) is 23.2 Å². The molecule has 112 valence electrons. The topological polar surface area (TPSA) is 46.2 Å². The smallest absolute Gasteiger partial charge is 0.211 e. The van der Waals surface area contributed by atoms with Crippen LogP contribution in [0.4, 0.5) is 4.39 Å². The molecule has 0 atom stereocenters. The van der Waals surface area contributed by atoms with Crippen molar-refractivity contribution in [3.05, 3.63) is 63.9 Å². The Kier molecular flexibility index (Phi) is 5.22. The SMILES string of the molecule is O=S(=O)(NCCc1c(Cl)cccc1Cl)c1ccccc1F. The first-order chi connectivity index (χ1) is 9.92. The summed E-state index contributed by atoms with van der Waals surface area (Å²) in [4.78, 5) is -0.379. The van der Waals surface area contributed by atoms with Gasteiger partial charge < -0.3 is 0 Å². The molecular weight excluding hydrogens is 336 g/mol. The molecule has 0 unspecified atom stereocenters. The lowest BCUT2D eigenvalue weighted by Crippen LogP contribution is -2.26. The van der Waals surface area contributed by atoms with Gasteiger partial charge >= 0.3 is 0 Å². The summed E-state index contributed by atoms with van der Waals surface area (Å²) in [5.74, 6) is -0.791. The van der Waals surface area contributed by atoms with Gasteiger partial charge in [-0.05, 0) is 36.2 Å². The van der Waals surface area contributed by atoms with E-state index in [0.29, 0.717) is 22.0 Å². The fourth-order valence-corrected chi connectivity index (χ4v) is 3.52. The monoisotopic (exact) mass is 347 g/mol. The zero-order valence-electron chi connectivity index (χ0n) is 10.8. The van der Waals surface area contributed by atoms with Crippen molar-refractivity contribution < 1.29 is 12.8 Å². The number of halogens is 3. The van der Waals surface area contributed by atoms with Gasteiger partial charge in [0.15, 0.2) is 0 Å². The van der Waals surface area contributed by atoms with Gasteiger partial charge in [0, 0.05) is 16.6 Å². The molecule has 0 spiro atoms. The fourth-order valence-electron chi connectivity index (χ4n) is 1.82. The third kappa shape index (κ3) is 3.95. The third-order valence-electron chi connectivity index (χ3n) is 2.85. The van der Waals surface area contributed by atoms with Crippen LogP contribution >= 0.6 is 23.2 Å². The Labute approximate surface area is 132 Å². The van der Waals surface area contributed by atoms with Crippen molar-refractivity contribution in [1.29, 1.82) is 0 Å². The summed E-state index contributed by atoms with van der Waals surface area (Å²) in [6.07, 6.45) is 0.312. The Morgan fingerprint density at radius 1 is 1.00 bits per heavy atom. The number of benzene rings is 2. The van der Waals surface area contributed by atoms with Crippen LogP contribution in [0.25, 0.3) is 0 Å². The van der Waals surface area contributed by atoms with Crippen molar-refractivity contribution in [2.24, 2.45) is 0 Å². The molecule has 2 aromatic carbocycles. The van der Waals surface area contributed by atoms with E-state index in [1.807, 2.05) is 0 Å². The molecular formula is C14H12Cl2FNO2S. The number of hydrogen-bond donors (Lipinski definition) is 1. The lowest BCUT2D eigenvalue weighted by Gasteiger charge is -2.09. The van der Waals surface area contributed by atoms with E-state index >= 15 is 0 Å². The standard InChI is InChI=1S/C14H12Cl2FNO2S/c15-11-4-3-5-12(16)10(11)8-9-18-21(19,20)14-7-2-1-6-13(14)17/h1-7,18H,8-9H2. The van der Waals surface area contributed by atoms with E-state index in [1.54, 1.807) is 18.2 Å². The zero-order valence-corrected chi connectivity index (χ0v) is 13.1. The summed E-state index contributed by atoms with van der Waals surface area (Å²) < 4.78 is 39.8. The molecule has 2 aromatic rings. The Balaban J connectivity index is 2.08. The predicted octanol–water partition coefficient (Wildman–Crippen LogP) is 3.65. The molecule has 0 aromatic heterocycles. The molecule has 0 amide bonds. The molecule has 0 aliphatic carbocycles. The molecule has 0 aliphatic heterocycles. The maximum atomic E-state index is 13.5. The van der Waals surface area contributed by atoms with Gasteiger partial charge in [-0.25, -0.2) is 17.5 Å². The van der Waals surface area contributed by atoms with Crippen LogP contribution in [-0.4, -0.2) is 15.0 Å². The lowest BCUT2D eigenvalue weighted by atomic mass is 10.1. The van der Waals surface area contributed by atoms with Crippen molar-refractivity contribution in [2.45, 2.75) is 11.3 Å². The van der Waals surface area contributed by atoms with Gasteiger partial charge in [-0.15, -0.1) is 0 Å². The normalized spacial score (nSPS) is 11.6. The maximum Gasteiger partial charge on any atom is 0.243 e. The van der Waals surface area contributed by atoms with Gasteiger partial charge in [-0.2, -0.15) is 0 Å². The Morgan fingerprint density at radius 3 is 2.24 bits per heavy atom. The van der Waals surface area contributed by atoms with Crippen LogP contribution < -0.4 is 4.72 Å². The lowest BCUT2D eigenvalue weighted by molar-refractivity contribution is 0.557. The first-order valence-electron chi connectivity index (χ1n) is 6.09. The number of rotatable bonds is 5. The number of nitrogens with one attached hydrogen (secondary N) is 1. The number of sulfonamides is 1. The molecule has 21 heavy (non-hydrogen) atoms. The van der Waals surface area contributed by atoms with E-state index in [2.05, 4.69) is 4.72 Å². The molecule has 0 saturated heterocycles. The second kappa shape index (κ2) is 6.75. The molecule has 1 N–H and O–H groups in total. The number of hydrogen-bond acceptors (Lipinski definition) is 2. The van der Waals surface area contributed by atoms with Crippen LogP contribution in [0.2, 0.25) is 10.0 Å². The van der Waals surface area contributed by atoms with Crippen molar-refractivity contribution in [1.82, 2.24) is 4.72 Å². The maximum absolute atomic E-state index is 13.5. The Hall–Kier alpha value is -1.14. The van der Waals surface area contributed by atoms with Crippen molar-refractivity contribution >= 4 is 33.2 Å². The second-order valence-electron chi connectivity index (χ2n) is 4.28. The summed E-state index contributed by atoms with van der Waals surface area (Å²) in [6, 6.07) is 10.3. The van der Waals surface area contributed by atoms with Gasteiger partial charge in [-0.1, -0.05) is 41.4 Å². The van der Waals surface area contributed by atoms with Crippen LogP contribution in [0.1, 0.15) is 5.56 Å². The van der Waals surface area contributed by atoms with E-state index in [9.17, 15) is 12.8 Å². The molecule has 0 saturated carbocycles. The first kappa shape index (κ1) is 16.2. The van der Waals surface area contributed by atoms with E-state index in [-0.39, 0.29) is 11.4 Å². The van der Waals surface area contributed by atoms with Crippen molar-refractivity contribution in [3.63, 3.8) is 0 Å². The quantitative estimate of drug-likeness (QED) is 0.897. The minimum Gasteiger partial charge on any atom is -0.211 e. The molecule has 0 radical (unpaired) electrons. The van der Waals surface area contributed by atoms with Gasteiger partial charge in [0.05, 0.1) is 0 Å². The highest BCUT2D eigenvalue weighted by molar-refractivity contribution is 7.89. The van der Waals surface area contributed by atoms with Crippen LogP contribution in [0, 0.1) is 5.82 Å². The largest absolute Gasteiger partial charge is 0.243 e. The van der Waals surface area contributed by atoms with Crippen molar-refractivity contribution in [2.75, 3.05) is 6.54 Å². The summed E-state index contributed by atoms with van der Waals surface area (Å²) in [5.41, 5.74) is 0.650. The minimum atomic E-state index is -3.90. The second-order valence-corrected chi connectivity index (χ2v) is 6.83. The highest BCUT2D eigenvalue weighted by Gasteiger charge is 2.18. The predicted molar refractivity (Wildman–Crippen MR) is 81.8 cm³/mol. The molecule has 7 heteroatoms. The van der Waals surface area contributed by atoms with Crippen LogP contribution in [0.5, 0.6) is 0 Å². The summed E-state index contributed by atoms with van der Waals surface area (Å²) in [5, 5.41) is 0.931. The molecule has 0 bridgehead atoms. The van der Waals surface area contributed by atoms with Crippen LogP contribution in [0.15, 0.2) is 47.4 Å². The Morgan fingerprint density at radius 2 is 1.62 bits per heavy atom. The minimum absolute atomic E-state index is 0.0696. The van der Waals surface area contributed by atoms with Crippen LogP contribution in [0.3, 0.4) is 0 Å². The first-order valence-corrected chi connectivity index (χ1v) is 8.33. The van der Waals surface area contributed by atoms with E-state index < -0.39 is 15.8 Å². The molecule has 0 heterocycles. The average Bonchev–Trinajstić information content (AvgIpc) is 2.42. The van der Waals surface area contributed by atoms with Crippen molar-refractivity contribution in [3.8, 4) is 0 Å². The fraction of sp³-hybridized carbons (Fsp3) is 0.143. The Bertz CT molecular complexity index is 730.